The number of nitrogens with one attached hydrogen (secondary N) is 4. The lowest BCUT2D eigenvalue weighted by Gasteiger charge is -2.27. The van der Waals surface area contributed by atoms with Crippen molar-refractivity contribution in [3.05, 3.63) is 96.1 Å². The highest BCUT2D eigenvalue weighted by Gasteiger charge is 2.13. The largest absolute Gasteiger partial charge is 0.385 e. The summed E-state index contributed by atoms with van der Waals surface area (Å²) in [5, 5.41) is 17.0. The average Bonchev–Trinajstić information content (AvgIpc) is 3.15. The van der Waals surface area contributed by atoms with Crippen LogP contribution in [-0.4, -0.2) is 92.0 Å². The van der Waals surface area contributed by atoms with Gasteiger partial charge in [-0.25, -0.2) is 0 Å². The van der Waals surface area contributed by atoms with Crippen LogP contribution in [0.25, 0.3) is 10.8 Å². The molecule has 4 aromatic rings. The van der Waals surface area contributed by atoms with Crippen molar-refractivity contribution in [3.8, 4) is 0 Å². The zero-order chi connectivity index (χ0) is 34.8. The van der Waals surface area contributed by atoms with Crippen LogP contribution in [0, 0.1) is 0 Å². The lowest BCUT2D eigenvalue weighted by Crippen LogP contribution is -2.29. The summed E-state index contributed by atoms with van der Waals surface area (Å²) in [5.74, 6) is 0. The van der Waals surface area contributed by atoms with Gasteiger partial charge in [0.15, 0.2) is 0 Å². The van der Waals surface area contributed by atoms with E-state index in [2.05, 4.69) is 116 Å². The number of fused-ring (bicyclic) bond motifs is 4. The van der Waals surface area contributed by atoms with Crippen LogP contribution >= 0.6 is 0 Å². The van der Waals surface area contributed by atoms with E-state index in [0.717, 1.165) is 91.1 Å². The summed E-state index contributed by atoms with van der Waals surface area (Å²) >= 11 is 0. The summed E-state index contributed by atoms with van der Waals surface area (Å²) < 4.78 is 17.7. The van der Waals surface area contributed by atoms with Gasteiger partial charge in [0.1, 0.15) is 0 Å². The van der Waals surface area contributed by atoms with E-state index in [1.165, 1.54) is 44.6 Å². The minimum atomic E-state index is 0.590. The van der Waals surface area contributed by atoms with E-state index in [-0.39, 0.29) is 0 Å². The maximum atomic E-state index is 5.96. The first kappa shape index (κ1) is 36.9. The minimum absolute atomic E-state index is 0.590. The van der Waals surface area contributed by atoms with Crippen LogP contribution in [-0.2, 0) is 27.3 Å². The normalized spacial score (nSPS) is 18.8. The van der Waals surface area contributed by atoms with Gasteiger partial charge in [0.05, 0.1) is 26.4 Å². The van der Waals surface area contributed by atoms with Crippen LogP contribution in [0.4, 0.5) is 22.7 Å². The molecule has 4 aromatic carbocycles. The molecule has 274 valence electrons. The second-order valence-electron chi connectivity index (χ2n) is 13.6. The Bertz CT molecular complexity index is 1490. The fraction of sp³-hybridized carbons (Fsp3) is 0.476. The second-order valence-corrected chi connectivity index (χ2v) is 13.6. The van der Waals surface area contributed by atoms with Crippen LogP contribution in [0.3, 0.4) is 0 Å². The SMILES string of the molecule is c1cc2cc(c1)NCCCNCCNCCCNc1cccc(c1)CN1CCCOCCOCCOCCCN(C2)c2ccc3ccc1cc3c2. The molecule has 0 fully saturated rings. The van der Waals surface area contributed by atoms with Gasteiger partial charge in [-0.1, -0.05) is 36.4 Å². The molecule has 2 heterocycles. The topological polar surface area (TPSA) is 82.3 Å². The number of rotatable bonds is 0. The van der Waals surface area contributed by atoms with E-state index < -0.39 is 0 Å². The van der Waals surface area contributed by atoms with Crippen LogP contribution in [0.2, 0.25) is 0 Å². The lowest BCUT2D eigenvalue weighted by molar-refractivity contribution is 0.0142. The highest BCUT2D eigenvalue weighted by atomic mass is 16.5. The Labute approximate surface area is 305 Å². The Balaban J connectivity index is 1.29. The van der Waals surface area contributed by atoms with Crippen LogP contribution in [0.1, 0.15) is 36.8 Å². The Kier molecular flexibility index (Phi) is 15.1. The number of ether oxygens (including phenoxy) is 3. The third-order valence-corrected chi connectivity index (χ3v) is 9.51. The molecule has 2 aliphatic heterocycles. The molecule has 0 aliphatic carbocycles. The van der Waals surface area contributed by atoms with Gasteiger partial charge in [-0.2, -0.15) is 0 Å². The van der Waals surface area contributed by atoms with Crippen molar-refractivity contribution in [3.63, 3.8) is 0 Å². The third kappa shape index (κ3) is 12.4. The first-order chi connectivity index (χ1) is 25.3. The maximum Gasteiger partial charge on any atom is 0.0701 e. The number of benzene rings is 4. The van der Waals surface area contributed by atoms with E-state index in [1.54, 1.807) is 0 Å². The number of anilines is 4. The summed E-state index contributed by atoms with van der Waals surface area (Å²) in [5.41, 5.74) is 7.40. The zero-order valence-electron chi connectivity index (χ0n) is 30.3. The molecular formula is C42H58N6O3. The number of hydrogen-bond acceptors (Lipinski definition) is 9. The molecule has 9 heteroatoms. The van der Waals surface area contributed by atoms with Gasteiger partial charge in [-0.15, -0.1) is 0 Å². The second kappa shape index (κ2) is 20.9. The van der Waals surface area contributed by atoms with Gasteiger partial charge < -0.3 is 45.3 Å². The van der Waals surface area contributed by atoms with E-state index in [0.29, 0.717) is 39.6 Å². The van der Waals surface area contributed by atoms with Gasteiger partial charge in [-0.3, -0.25) is 0 Å². The molecule has 0 spiro atoms. The molecule has 4 N–H and O–H groups in total. The zero-order valence-corrected chi connectivity index (χ0v) is 30.3. The quantitative estimate of drug-likeness (QED) is 0.165. The molecule has 0 unspecified atom stereocenters. The summed E-state index contributed by atoms with van der Waals surface area (Å²) in [6.07, 6.45) is 4.02. The molecule has 0 saturated carbocycles. The third-order valence-electron chi connectivity index (χ3n) is 9.51. The van der Waals surface area contributed by atoms with Gasteiger partial charge in [0, 0.05) is 88.3 Å². The Morgan fingerprint density at radius 1 is 0.431 bits per heavy atom. The van der Waals surface area contributed by atoms with Crippen molar-refractivity contribution >= 4 is 33.5 Å². The van der Waals surface area contributed by atoms with Gasteiger partial charge in [-0.05, 0) is 109 Å². The fourth-order valence-corrected chi connectivity index (χ4v) is 6.79. The van der Waals surface area contributed by atoms with E-state index >= 15 is 0 Å². The molecule has 9 bridgehead atoms. The summed E-state index contributed by atoms with van der Waals surface area (Å²) in [7, 11) is 0. The van der Waals surface area contributed by atoms with Crippen LogP contribution in [0.5, 0.6) is 0 Å². The molecule has 0 amide bonds. The van der Waals surface area contributed by atoms with Gasteiger partial charge in [0.25, 0.3) is 0 Å². The summed E-state index contributed by atoms with van der Waals surface area (Å²) in [6, 6.07) is 31.6. The standard InChI is InChI=1S/C42H58N6O3/c1-7-35-29-39(9-1)45-17-3-15-43-19-20-44-16-4-18-46-40-10-2-8-36(30-40)34-48-22-6-24-50-26-28-51-27-25-49-23-5-21-47(33-35)41-13-11-37-12-14-42(48)32-38(37)31-41/h1-2,7-14,29-32,43-46H,3-6,15-28,33-34H2. The van der Waals surface area contributed by atoms with E-state index in [1.807, 2.05) is 0 Å². The van der Waals surface area contributed by atoms with Gasteiger partial charge in [0.2, 0.25) is 0 Å². The average molecular weight is 695 g/mol. The smallest absolute Gasteiger partial charge is 0.0701 e. The Morgan fingerprint density at radius 3 is 1.43 bits per heavy atom. The van der Waals surface area contributed by atoms with Crippen molar-refractivity contribution in [2.75, 3.05) is 112 Å². The van der Waals surface area contributed by atoms with E-state index in [4.69, 9.17) is 14.2 Å². The molecule has 6 rings (SSSR count). The minimum Gasteiger partial charge on any atom is -0.385 e. The predicted molar refractivity (Wildman–Crippen MR) is 213 cm³/mol. The first-order valence-electron chi connectivity index (χ1n) is 19.1. The number of hydrogen-bond donors (Lipinski definition) is 4. The maximum absolute atomic E-state index is 5.96. The monoisotopic (exact) mass is 694 g/mol. The molecule has 0 saturated heterocycles. The van der Waals surface area contributed by atoms with E-state index in [9.17, 15) is 0 Å². The Morgan fingerprint density at radius 2 is 0.922 bits per heavy atom. The number of nitrogens with zero attached hydrogens (tertiary/aromatic N) is 2. The summed E-state index contributed by atoms with van der Waals surface area (Å²) in [4.78, 5) is 5.00. The lowest BCUT2D eigenvalue weighted by atomic mass is 10.1. The van der Waals surface area contributed by atoms with Crippen molar-refractivity contribution in [2.45, 2.75) is 38.8 Å². The molecular weight excluding hydrogens is 637 g/mol. The van der Waals surface area contributed by atoms with Crippen LogP contribution in [0.15, 0.2) is 84.9 Å². The molecule has 0 radical (unpaired) electrons. The highest BCUT2D eigenvalue weighted by Crippen LogP contribution is 2.29. The highest BCUT2D eigenvalue weighted by molar-refractivity contribution is 5.89. The molecule has 9 nitrogen and oxygen atoms in total. The first-order valence-corrected chi connectivity index (χ1v) is 19.1. The molecule has 0 atom stereocenters. The molecule has 51 heavy (non-hydrogen) atoms. The Hall–Kier alpha value is -3.86. The fourth-order valence-electron chi connectivity index (χ4n) is 6.79. The van der Waals surface area contributed by atoms with Crippen molar-refractivity contribution in [1.82, 2.24) is 10.6 Å². The summed E-state index contributed by atoms with van der Waals surface area (Å²) in [6.45, 7) is 13.1. The van der Waals surface area contributed by atoms with Crippen molar-refractivity contribution in [1.29, 1.82) is 0 Å². The van der Waals surface area contributed by atoms with Crippen LogP contribution < -0.4 is 31.1 Å². The molecule has 2 aliphatic rings. The van der Waals surface area contributed by atoms with Crippen molar-refractivity contribution in [2.24, 2.45) is 0 Å². The van der Waals surface area contributed by atoms with Gasteiger partial charge >= 0.3 is 0 Å². The van der Waals surface area contributed by atoms with Crippen molar-refractivity contribution < 1.29 is 14.2 Å². The predicted octanol–water partition coefficient (Wildman–Crippen LogP) is 6.49. The molecule has 0 aromatic heterocycles.